The molecule has 0 fully saturated rings. The van der Waals surface area contributed by atoms with Crippen molar-refractivity contribution in [1.82, 2.24) is 5.48 Å². The second kappa shape index (κ2) is 5.71. The van der Waals surface area contributed by atoms with Crippen molar-refractivity contribution in [2.24, 2.45) is 0 Å². The summed E-state index contributed by atoms with van der Waals surface area (Å²) in [6.45, 7) is 0. The molecule has 13 heavy (non-hydrogen) atoms. The van der Waals surface area contributed by atoms with Gasteiger partial charge in [0.2, 0.25) is 0 Å². The highest BCUT2D eigenvalue weighted by molar-refractivity contribution is 5.18. The highest BCUT2D eigenvalue weighted by Gasteiger charge is 1.74. The van der Waals surface area contributed by atoms with Crippen molar-refractivity contribution >= 4 is 0 Å². The van der Waals surface area contributed by atoms with Crippen LogP contribution >= 0.6 is 0 Å². The number of phenolic OH excluding ortho intramolecular Hbond substituents is 1. The zero-order valence-electron chi connectivity index (χ0n) is 7.05. The quantitative estimate of drug-likeness (QED) is 0.636. The smallest absolute Gasteiger partial charge is 0.119 e. The van der Waals surface area contributed by atoms with Crippen LogP contribution in [0.15, 0.2) is 54.9 Å². The number of hydroxylamine groups is 1. The van der Waals surface area contributed by atoms with Gasteiger partial charge in [-0.15, -0.1) is 0 Å². The summed E-state index contributed by atoms with van der Waals surface area (Å²) < 4.78 is 0. The van der Waals surface area contributed by atoms with Crippen LogP contribution in [0.2, 0.25) is 0 Å². The zero-order valence-corrected chi connectivity index (χ0v) is 7.05. The number of rotatable bonds is 0. The van der Waals surface area contributed by atoms with E-state index in [1.807, 2.05) is 12.1 Å². The van der Waals surface area contributed by atoms with E-state index in [4.69, 9.17) is 5.11 Å². The van der Waals surface area contributed by atoms with Gasteiger partial charge in [0.15, 0.2) is 0 Å². The first kappa shape index (κ1) is 9.19. The minimum atomic E-state index is 0.322. The molecular formula is C10H11NO2. The van der Waals surface area contributed by atoms with E-state index in [-0.39, 0.29) is 0 Å². The summed E-state index contributed by atoms with van der Waals surface area (Å²) in [6.07, 6.45) is 6.93. The first-order chi connectivity index (χ1) is 6.39. The summed E-state index contributed by atoms with van der Waals surface area (Å²) in [7, 11) is 0. The summed E-state index contributed by atoms with van der Waals surface area (Å²) in [5.41, 5.74) is 2.52. The predicted octanol–water partition coefficient (Wildman–Crippen LogP) is 1.94. The van der Waals surface area contributed by atoms with Gasteiger partial charge < -0.3 is 9.94 Å². The van der Waals surface area contributed by atoms with Crippen LogP contribution in [0.3, 0.4) is 0 Å². The van der Waals surface area contributed by atoms with Gasteiger partial charge in [-0.05, 0) is 24.3 Å². The standard InChI is InChI=1S/C6H6O.C4H5NO/c7-6-4-2-1-3-5-6;1-2-4-6-5-3-1/h1-5,7H;1-5H. The van der Waals surface area contributed by atoms with Crippen LogP contribution in [-0.2, 0) is 4.84 Å². The van der Waals surface area contributed by atoms with Gasteiger partial charge in [0.1, 0.15) is 12.0 Å². The van der Waals surface area contributed by atoms with Crippen LogP contribution in [0.25, 0.3) is 0 Å². The van der Waals surface area contributed by atoms with E-state index < -0.39 is 0 Å². The Morgan fingerprint density at radius 1 is 1.08 bits per heavy atom. The second-order valence-electron chi connectivity index (χ2n) is 2.26. The maximum atomic E-state index is 8.63. The minimum absolute atomic E-state index is 0.322. The molecule has 1 aliphatic heterocycles. The fourth-order valence-corrected chi connectivity index (χ4v) is 0.686. The Morgan fingerprint density at radius 3 is 2.08 bits per heavy atom. The van der Waals surface area contributed by atoms with Gasteiger partial charge in [-0.3, -0.25) is 0 Å². The molecule has 0 saturated carbocycles. The Morgan fingerprint density at radius 2 is 1.85 bits per heavy atom. The fraction of sp³-hybridized carbons (Fsp3) is 0. The third-order valence-corrected chi connectivity index (χ3v) is 1.25. The summed E-state index contributed by atoms with van der Waals surface area (Å²) in [4.78, 5) is 4.55. The maximum Gasteiger partial charge on any atom is 0.119 e. The highest BCUT2D eigenvalue weighted by Crippen LogP contribution is 2.02. The van der Waals surface area contributed by atoms with E-state index in [0.717, 1.165) is 0 Å². The highest BCUT2D eigenvalue weighted by atomic mass is 16.6. The molecule has 1 aromatic rings. The molecule has 1 aromatic carbocycles. The lowest BCUT2D eigenvalue weighted by molar-refractivity contribution is 0.172. The lowest BCUT2D eigenvalue weighted by atomic mass is 10.3. The van der Waals surface area contributed by atoms with Crippen molar-refractivity contribution < 1.29 is 9.94 Å². The topological polar surface area (TPSA) is 41.5 Å². The van der Waals surface area contributed by atoms with Crippen LogP contribution in [0.5, 0.6) is 5.75 Å². The molecule has 0 unspecified atom stereocenters. The second-order valence-corrected chi connectivity index (χ2v) is 2.26. The van der Waals surface area contributed by atoms with Crippen LogP contribution in [0, 0.1) is 0 Å². The predicted molar refractivity (Wildman–Crippen MR) is 50.6 cm³/mol. The molecule has 2 N–H and O–H groups in total. The SMILES string of the molecule is C1=CNOC=C1.Oc1ccccc1. The third kappa shape index (κ3) is 4.53. The average Bonchev–Trinajstić information content (AvgIpc) is 2.22. The Kier molecular flexibility index (Phi) is 4.04. The van der Waals surface area contributed by atoms with E-state index in [2.05, 4.69) is 10.3 Å². The summed E-state index contributed by atoms with van der Waals surface area (Å²) in [5.74, 6) is 0.322. The van der Waals surface area contributed by atoms with Crippen LogP contribution < -0.4 is 5.48 Å². The molecule has 68 valence electrons. The number of allylic oxidation sites excluding steroid dienone is 2. The zero-order chi connectivity index (χ0) is 9.36. The largest absolute Gasteiger partial charge is 0.508 e. The molecule has 0 atom stereocenters. The van der Waals surface area contributed by atoms with Crippen LogP contribution in [0.4, 0.5) is 0 Å². The molecule has 0 spiro atoms. The molecule has 0 bridgehead atoms. The van der Waals surface area contributed by atoms with Gasteiger partial charge in [-0.1, -0.05) is 18.2 Å². The summed E-state index contributed by atoms with van der Waals surface area (Å²) >= 11 is 0. The first-order valence-corrected chi connectivity index (χ1v) is 3.86. The van der Waals surface area contributed by atoms with Gasteiger partial charge in [0.05, 0.1) is 0 Å². The molecule has 3 nitrogen and oxygen atoms in total. The molecule has 1 aliphatic rings. The maximum absolute atomic E-state index is 8.63. The number of phenols is 1. The van der Waals surface area contributed by atoms with Gasteiger partial charge in [0.25, 0.3) is 0 Å². The van der Waals surface area contributed by atoms with E-state index in [9.17, 15) is 0 Å². The van der Waals surface area contributed by atoms with Crippen molar-refractivity contribution in [3.63, 3.8) is 0 Å². The number of hydrogen-bond acceptors (Lipinski definition) is 3. The lowest BCUT2D eigenvalue weighted by Crippen LogP contribution is -2.01. The normalized spacial score (nSPS) is 12.0. The monoisotopic (exact) mass is 177 g/mol. The molecule has 0 amide bonds. The molecule has 3 heteroatoms. The van der Waals surface area contributed by atoms with Gasteiger partial charge in [0, 0.05) is 6.20 Å². The molecule has 2 rings (SSSR count). The molecule has 0 aromatic heterocycles. The van der Waals surface area contributed by atoms with Crippen molar-refractivity contribution in [3.8, 4) is 5.75 Å². The number of nitrogens with one attached hydrogen (secondary N) is 1. The van der Waals surface area contributed by atoms with Crippen molar-refractivity contribution in [2.45, 2.75) is 0 Å². The molecule has 0 aliphatic carbocycles. The van der Waals surface area contributed by atoms with Crippen molar-refractivity contribution in [3.05, 3.63) is 54.9 Å². The molecule has 1 heterocycles. The van der Waals surface area contributed by atoms with E-state index in [1.165, 1.54) is 0 Å². The Bertz CT molecular complexity index is 268. The van der Waals surface area contributed by atoms with Crippen molar-refractivity contribution in [1.29, 1.82) is 0 Å². The van der Waals surface area contributed by atoms with Gasteiger partial charge >= 0.3 is 0 Å². The fourth-order valence-electron chi connectivity index (χ4n) is 0.686. The van der Waals surface area contributed by atoms with Crippen molar-refractivity contribution in [2.75, 3.05) is 0 Å². The Labute approximate surface area is 76.9 Å². The van der Waals surface area contributed by atoms with E-state index >= 15 is 0 Å². The molecule has 0 radical (unpaired) electrons. The first-order valence-electron chi connectivity index (χ1n) is 3.86. The summed E-state index contributed by atoms with van der Waals surface area (Å²) in [5, 5.41) is 8.63. The van der Waals surface area contributed by atoms with Gasteiger partial charge in [-0.2, -0.15) is 0 Å². The number of aromatic hydroxyl groups is 1. The average molecular weight is 177 g/mol. The molecular weight excluding hydrogens is 166 g/mol. The van der Waals surface area contributed by atoms with E-state index in [0.29, 0.717) is 5.75 Å². The Balaban J connectivity index is 0.000000132. The third-order valence-electron chi connectivity index (χ3n) is 1.25. The van der Waals surface area contributed by atoms with E-state index in [1.54, 1.807) is 42.8 Å². The van der Waals surface area contributed by atoms with Crippen LogP contribution in [0.1, 0.15) is 0 Å². The molecule has 0 saturated heterocycles. The summed E-state index contributed by atoms with van der Waals surface area (Å²) in [6, 6.07) is 8.71. The lowest BCUT2D eigenvalue weighted by Gasteiger charge is -1.97. The number of para-hydroxylation sites is 1. The number of hydrogen-bond donors (Lipinski definition) is 2. The van der Waals surface area contributed by atoms with Crippen LogP contribution in [-0.4, -0.2) is 5.11 Å². The van der Waals surface area contributed by atoms with Gasteiger partial charge in [-0.25, -0.2) is 5.48 Å². The number of benzene rings is 1. The minimum Gasteiger partial charge on any atom is -0.508 e. The Hall–Kier alpha value is -1.90.